The Labute approximate surface area is 182 Å². The maximum absolute atomic E-state index is 12.7. The molecule has 0 atom stereocenters. The fourth-order valence-electron chi connectivity index (χ4n) is 3.74. The van der Waals surface area contributed by atoms with E-state index in [1.54, 1.807) is 18.3 Å². The van der Waals surface area contributed by atoms with E-state index >= 15 is 0 Å². The van der Waals surface area contributed by atoms with E-state index in [-0.39, 0.29) is 5.91 Å². The molecule has 0 saturated carbocycles. The number of fused-ring (bicyclic) bond motifs is 2. The molecule has 0 unspecified atom stereocenters. The van der Waals surface area contributed by atoms with Crippen LogP contribution < -0.4 is 10.6 Å². The maximum Gasteiger partial charge on any atom is 0.265 e. The first-order valence-electron chi connectivity index (χ1n) is 10.2. The van der Waals surface area contributed by atoms with Gasteiger partial charge >= 0.3 is 0 Å². The monoisotopic (exact) mass is 441 g/mol. The molecule has 1 aliphatic rings. The number of thiazole rings is 1. The number of anilines is 2. The lowest BCUT2D eigenvalue weighted by molar-refractivity contribution is 0.103. The Balaban J connectivity index is 1.21. The number of carbonyl (C=O) groups excluding carboxylic acids is 1. The Bertz CT molecular complexity index is 1160. The van der Waals surface area contributed by atoms with Crippen molar-refractivity contribution in [2.24, 2.45) is 0 Å². The van der Waals surface area contributed by atoms with E-state index < -0.39 is 0 Å². The molecule has 1 amide bonds. The molecule has 7 nitrogen and oxygen atoms in total. The number of hydrogen-bond acceptors (Lipinski definition) is 8. The zero-order chi connectivity index (χ0) is 20.5. The van der Waals surface area contributed by atoms with Crippen LogP contribution in [0.1, 0.15) is 34.8 Å². The van der Waals surface area contributed by atoms with Gasteiger partial charge in [0.2, 0.25) is 0 Å². The van der Waals surface area contributed by atoms with Gasteiger partial charge in [0.25, 0.3) is 5.91 Å². The molecular weight excluding hydrogens is 418 g/mol. The molecule has 1 saturated heterocycles. The van der Waals surface area contributed by atoms with Gasteiger partial charge in [-0.15, -0.1) is 11.3 Å². The highest BCUT2D eigenvalue weighted by Crippen LogP contribution is 2.33. The molecule has 1 aromatic carbocycles. The molecular formula is C21H23N5O2S2. The quantitative estimate of drug-likeness (QED) is 0.440. The molecule has 1 fully saturated rings. The number of aromatic nitrogens is 2. The van der Waals surface area contributed by atoms with Crippen LogP contribution in [0.15, 0.2) is 28.7 Å². The summed E-state index contributed by atoms with van der Waals surface area (Å²) in [6.07, 6.45) is 3.98. The van der Waals surface area contributed by atoms with Crippen LogP contribution in [0, 0.1) is 6.92 Å². The van der Waals surface area contributed by atoms with Crippen LogP contribution in [0.3, 0.4) is 0 Å². The molecule has 4 aromatic rings. The van der Waals surface area contributed by atoms with E-state index in [2.05, 4.69) is 25.5 Å². The maximum atomic E-state index is 12.7. The zero-order valence-electron chi connectivity index (χ0n) is 16.7. The number of benzene rings is 1. The standard InChI is InChI=1S/C21H23N5O2S2/c1-13-23-15-11-14(5-6-16(15)28-13)24-19(27)17-12-18-20(29-17)25-21(30-18)22-7-10-26-8-3-2-4-9-26/h5-6,11-12H,2-4,7-10H2,1H3,(H,22,25)(H,24,27). The van der Waals surface area contributed by atoms with Crippen LogP contribution in [0.25, 0.3) is 20.6 Å². The van der Waals surface area contributed by atoms with Crippen molar-refractivity contribution in [3.05, 3.63) is 35.0 Å². The molecule has 9 heteroatoms. The summed E-state index contributed by atoms with van der Waals surface area (Å²) in [6.45, 7) is 6.17. The van der Waals surface area contributed by atoms with Crippen LogP contribution in [0.5, 0.6) is 0 Å². The largest absolute Gasteiger partial charge is 0.441 e. The SMILES string of the molecule is Cc1nc2cc(NC(=O)c3cc4sc(NCCN5CCCCC5)nc4s3)ccc2o1. The van der Waals surface area contributed by atoms with Gasteiger partial charge in [-0.2, -0.15) is 0 Å². The van der Waals surface area contributed by atoms with Crippen molar-refractivity contribution in [1.82, 2.24) is 14.9 Å². The second-order valence-corrected chi connectivity index (χ2v) is 9.56. The molecule has 0 radical (unpaired) electrons. The molecule has 2 N–H and O–H groups in total. The summed E-state index contributed by atoms with van der Waals surface area (Å²) in [4.78, 5) is 25.7. The first kappa shape index (κ1) is 19.5. The Kier molecular flexibility index (Phi) is 5.41. The summed E-state index contributed by atoms with van der Waals surface area (Å²) in [6, 6.07) is 7.38. The van der Waals surface area contributed by atoms with Crippen molar-refractivity contribution in [3.63, 3.8) is 0 Å². The van der Waals surface area contributed by atoms with Gasteiger partial charge in [-0.3, -0.25) is 4.79 Å². The average Bonchev–Trinajstić information content (AvgIpc) is 3.40. The number of hydrogen-bond donors (Lipinski definition) is 2. The van der Waals surface area contributed by atoms with E-state index in [1.807, 2.05) is 24.3 Å². The molecule has 0 spiro atoms. The molecule has 1 aliphatic heterocycles. The molecule has 156 valence electrons. The van der Waals surface area contributed by atoms with Crippen LogP contribution >= 0.6 is 22.7 Å². The predicted octanol–water partition coefficient (Wildman–Crippen LogP) is 4.96. The first-order valence-corrected chi connectivity index (χ1v) is 11.8. The summed E-state index contributed by atoms with van der Waals surface area (Å²) >= 11 is 3.02. The number of thiophene rings is 1. The van der Waals surface area contributed by atoms with Crippen molar-refractivity contribution in [2.45, 2.75) is 26.2 Å². The number of rotatable bonds is 6. The second kappa shape index (κ2) is 8.33. The zero-order valence-corrected chi connectivity index (χ0v) is 18.4. The average molecular weight is 442 g/mol. The highest BCUT2D eigenvalue weighted by molar-refractivity contribution is 7.29. The number of aryl methyl sites for hydroxylation is 1. The lowest BCUT2D eigenvalue weighted by Gasteiger charge is -2.26. The van der Waals surface area contributed by atoms with E-state index in [9.17, 15) is 4.79 Å². The van der Waals surface area contributed by atoms with Crippen molar-refractivity contribution >= 4 is 60.0 Å². The van der Waals surface area contributed by atoms with Gasteiger partial charge in [0.15, 0.2) is 16.6 Å². The molecule has 0 bridgehead atoms. The number of oxazole rings is 1. The highest BCUT2D eigenvalue weighted by Gasteiger charge is 2.15. The minimum atomic E-state index is -0.135. The predicted molar refractivity (Wildman–Crippen MR) is 123 cm³/mol. The molecule has 4 heterocycles. The van der Waals surface area contributed by atoms with Crippen LogP contribution in [-0.4, -0.2) is 47.0 Å². The molecule has 30 heavy (non-hydrogen) atoms. The van der Waals surface area contributed by atoms with Crippen molar-refractivity contribution < 1.29 is 9.21 Å². The number of nitrogens with one attached hydrogen (secondary N) is 2. The Morgan fingerprint density at radius 2 is 2.03 bits per heavy atom. The van der Waals surface area contributed by atoms with E-state index in [0.717, 1.165) is 33.3 Å². The van der Waals surface area contributed by atoms with Gasteiger partial charge in [-0.1, -0.05) is 17.8 Å². The van der Waals surface area contributed by atoms with Gasteiger partial charge in [-0.05, 0) is 50.2 Å². The Hall–Kier alpha value is -2.49. The third kappa shape index (κ3) is 4.19. The van der Waals surface area contributed by atoms with Gasteiger partial charge in [0.1, 0.15) is 10.3 Å². The first-order chi connectivity index (χ1) is 14.6. The summed E-state index contributed by atoms with van der Waals surface area (Å²) in [5.74, 6) is 0.475. The van der Waals surface area contributed by atoms with E-state index in [1.165, 1.54) is 43.7 Å². The number of likely N-dealkylation sites (tertiary alicyclic amines) is 1. The number of carbonyl (C=O) groups is 1. The van der Waals surface area contributed by atoms with Gasteiger partial charge < -0.3 is 20.0 Å². The lowest BCUT2D eigenvalue weighted by Crippen LogP contribution is -2.33. The number of nitrogens with zero attached hydrogens (tertiary/aromatic N) is 3. The summed E-state index contributed by atoms with van der Waals surface area (Å²) in [5.41, 5.74) is 2.15. The van der Waals surface area contributed by atoms with Crippen molar-refractivity contribution in [1.29, 1.82) is 0 Å². The van der Waals surface area contributed by atoms with Crippen LogP contribution in [-0.2, 0) is 0 Å². The van der Waals surface area contributed by atoms with E-state index in [4.69, 9.17) is 4.42 Å². The fourth-order valence-corrected chi connectivity index (χ4v) is 5.78. The van der Waals surface area contributed by atoms with Gasteiger partial charge in [0.05, 0.1) is 9.58 Å². The summed E-state index contributed by atoms with van der Waals surface area (Å²) in [5, 5.41) is 7.30. The van der Waals surface area contributed by atoms with Crippen molar-refractivity contribution in [2.75, 3.05) is 36.8 Å². The van der Waals surface area contributed by atoms with E-state index in [0.29, 0.717) is 22.0 Å². The molecule has 0 aliphatic carbocycles. The topological polar surface area (TPSA) is 83.3 Å². The number of amides is 1. The minimum absolute atomic E-state index is 0.135. The lowest BCUT2D eigenvalue weighted by atomic mass is 10.1. The van der Waals surface area contributed by atoms with Gasteiger partial charge in [0, 0.05) is 25.7 Å². The third-order valence-corrected chi connectivity index (χ3v) is 7.34. The molecule has 5 rings (SSSR count). The normalized spacial score (nSPS) is 15.1. The second-order valence-electron chi connectivity index (χ2n) is 7.50. The number of piperidine rings is 1. The smallest absolute Gasteiger partial charge is 0.265 e. The molecule has 3 aromatic heterocycles. The van der Waals surface area contributed by atoms with Crippen LogP contribution in [0.2, 0.25) is 0 Å². The third-order valence-electron chi connectivity index (χ3n) is 5.22. The summed E-state index contributed by atoms with van der Waals surface area (Å²) in [7, 11) is 0. The van der Waals surface area contributed by atoms with Crippen molar-refractivity contribution in [3.8, 4) is 0 Å². The highest BCUT2D eigenvalue weighted by atomic mass is 32.1. The van der Waals surface area contributed by atoms with Crippen LogP contribution in [0.4, 0.5) is 10.8 Å². The Morgan fingerprint density at radius 1 is 1.17 bits per heavy atom. The summed E-state index contributed by atoms with van der Waals surface area (Å²) < 4.78 is 6.51. The van der Waals surface area contributed by atoms with Gasteiger partial charge in [-0.25, -0.2) is 9.97 Å². The fraction of sp³-hybridized carbons (Fsp3) is 0.381. The minimum Gasteiger partial charge on any atom is -0.441 e. The Morgan fingerprint density at radius 3 is 2.87 bits per heavy atom.